The van der Waals surface area contributed by atoms with Crippen molar-refractivity contribution in [3.05, 3.63) is 34.3 Å². The Morgan fingerprint density at radius 3 is 2.53 bits per heavy atom. The van der Waals surface area contributed by atoms with E-state index in [1.165, 1.54) is 42.1 Å². The molecule has 2 heteroatoms. The molecule has 1 aromatic rings. The van der Waals surface area contributed by atoms with Crippen molar-refractivity contribution in [2.24, 2.45) is 11.8 Å². The average Bonchev–Trinajstić information content (AvgIpc) is 2.35. The number of halogens is 2. The van der Waals surface area contributed by atoms with E-state index in [4.69, 9.17) is 0 Å². The lowest BCUT2D eigenvalue weighted by atomic mass is 9.77. The first-order valence-electron chi connectivity index (χ1n) is 6.57. The van der Waals surface area contributed by atoms with Crippen LogP contribution in [-0.2, 0) is 6.42 Å². The van der Waals surface area contributed by atoms with E-state index in [1.807, 2.05) is 0 Å². The van der Waals surface area contributed by atoms with Gasteiger partial charge in [0.1, 0.15) is 0 Å². The van der Waals surface area contributed by atoms with Crippen molar-refractivity contribution in [2.75, 3.05) is 0 Å². The van der Waals surface area contributed by atoms with Crippen molar-refractivity contribution >= 4 is 31.9 Å². The molecule has 0 bridgehead atoms. The van der Waals surface area contributed by atoms with Gasteiger partial charge in [-0.15, -0.1) is 0 Å². The van der Waals surface area contributed by atoms with Gasteiger partial charge in [0, 0.05) is 9.30 Å². The maximum absolute atomic E-state index is 3.87. The monoisotopic (exact) mass is 358 g/mol. The molecule has 1 aromatic carbocycles. The zero-order valence-corrected chi connectivity index (χ0v) is 13.5. The van der Waals surface area contributed by atoms with Gasteiger partial charge in [0.15, 0.2) is 0 Å². The van der Waals surface area contributed by atoms with Crippen LogP contribution in [0.5, 0.6) is 0 Å². The van der Waals surface area contributed by atoms with E-state index < -0.39 is 0 Å². The van der Waals surface area contributed by atoms with Gasteiger partial charge in [0.25, 0.3) is 0 Å². The van der Waals surface area contributed by atoms with Crippen LogP contribution in [0, 0.1) is 11.8 Å². The Labute approximate surface area is 121 Å². The first-order valence-corrected chi connectivity index (χ1v) is 8.28. The Morgan fingerprint density at radius 1 is 1.18 bits per heavy atom. The van der Waals surface area contributed by atoms with Crippen LogP contribution < -0.4 is 0 Å². The van der Waals surface area contributed by atoms with Crippen molar-refractivity contribution in [1.29, 1.82) is 0 Å². The molecule has 1 fully saturated rings. The van der Waals surface area contributed by atoms with Gasteiger partial charge in [-0.25, -0.2) is 0 Å². The summed E-state index contributed by atoms with van der Waals surface area (Å²) in [4.78, 5) is 0.717. The van der Waals surface area contributed by atoms with E-state index in [0.717, 1.165) is 11.8 Å². The van der Waals surface area contributed by atoms with E-state index in [2.05, 4.69) is 63.0 Å². The summed E-state index contributed by atoms with van der Waals surface area (Å²) in [6.07, 6.45) is 6.71. The molecule has 3 atom stereocenters. The van der Waals surface area contributed by atoms with Crippen LogP contribution in [0.15, 0.2) is 28.7 Å². The summed E-state index contributed by atoms with van der Waals surface area (Å²) in [7, 11) is 0. The second-order valence-electron chi connectivity index (χ2n) is 5.19. The predicted octanol–water partition coefficient (Wildman–Crippen LogP) is 5.58. The fraction of sp³-hybridized carbons (Fsp3) is 0.600. The average molecular weight is 360 g/mol. The standard InChI is InChI=1S/C15H20Br2/c1-2-11-5-8-15(17)13(9-11)10-12-3-6-14(16)7-4-12/h3-4,6-7,11,13,15H,2,5,8-10H2,1H3. The van der Waals surface area contributed by atoms with E-state index in [9.17, 15) is 0 Å². The number of benzene rings is 1. The molecule has 17 heavy (non-hydrogen) atoms. The first-order chi connectivity index (χ1) is 8.19. The second-order valence-corrected chi connectivity index (χ2v) is 7.29. The summed E-state index contributed by atoms with van der Waals surface area (Å²) in [5.74, 6) is 1.76. The molecular weight excluding hydrogens is 340 g/mol. The van der Waals surface area contributed by atoms with Gasteiger partial charge in [0.05, 0.1) is 0 Å². The van der Waals surface area contributed by atoms with Crippen LogP contribution in [-0.4, -0.2) is 4.83 Å². The fourth-order valence-corrected chi connectivity index (χ4v) is 3.76. The van der Waals surface area contributed by atoms with Gasteiger partial charge in [-0.3, -0.25) is 0 Å². The molecule has 2 rings (SSSR count). The minimum atomic E-state index is 0.717. The summed E-state index contributed by atoms with van der Waals surface area (Å²) < 4.78 is 1.17. The summed E-state index contributed by atoms with van der Waals surface area (Å²) in [6, 6.07) is 8.80. The smallest absolute Gasteiger partial charge is 0.0177 e. The molecule has 0 aromatic heterocycles. The molecule has 0 spiro atoms. The molecule has 0 aliphatic heterocycles. The van der Waals surface area contributed by atoms with Crippen molar-refractivity contribution in [1.82, 2.24) is 0 Å². The number of hydrogen-bond donors (Lipinski definition) is 0. The molecule has 0 saturated heterocycles. The van der Waals surface area contributed by atoms with Gasteiger partial charge in [-0.05, 0) is 55.2 Å². The first kappa shape index (κ1) is 13.6. The quantitative estimate of drug-likeness (QED) is 0.618. The van der Waals surface area contributed by atoms with Crippen LogP contribution in [0.3, 0.4) is 0 Å². The molecule has 1 aliphatic rings. The van der Waals surface area contributed by atoms with Crippen molar-refractivity contribution in [3.8, 4) is 0 Å². The second kappa shape index (κ2) is 6.38. The van der Waals surface area contributed by atoms with Crippen LogP contribution in [0.2, 0.25) is 0 Å². The number of hydrogen-bond acceptors (Lipinski definition) is 0. The molecule has 94 valence electrons. The highest BCUT2D eigenvalue weighted by Crippen LogP contribution is 2.37. The minimum Gasteiger partial charge on any atom is -0.0888 e. The van der Waals surface area contributed by atoms with Gasteiger partial charge >= 0.3 is 0 Å². The molecule has 0 heterocycles. The van der Waals surface area contributed by atoms with E-state index in [1.54, 1.807) is 0 Å². The van der Waals surface area contributed by atoms with Crippen molar-refractivity contribution < 1.29 is 0 Å². The normalized spacial score (nSPS) is 29.2. The highest BCUT2D eigenvalue weighted by Gasteiger charge is 2.27. The Hall–Kier alpha value is 0.180. The zero-order valence-electron chi connectivity index (χ0n) is 10.3. The lowest BCUT2D eigenvalue weighted by Gasteiger charge is -2.33. The zero-order chi connectivity index (χ0) is 12.3. The van der Waals surface area contributed by atoms with Gasteiger partial charge in [-0.2, -0.15) is 0 Å². The molecule has 0 nitrogen and oxygen atoms in total. The summed E-state index contributed by atoms with van der Waals surface area (Å²) >= 11 is 7.37. The Balaban J connectivity index is 1.98. The molecule has 0 N–H and O–H groups in total. The highest BCUT2D eigenvalue weighted by molar-refractivity contribution is 9.10. The van der Waals surface area contributed by atoms with Gasteiger partial charge in [-0.1, -0.05) is 57.3 Å². The maximum atomic E-state index is 3.87. The molecular formula is C15H20Br2. The van der Waals surface area contributed by atoms with Crippen LogP contribution in [0.4, 0.5) is 0 Å². The van der Waals surface area contributed by atoms with Crippen LogP contribution in [0.1, 0.15) is 38.2 Å². The maximum Gasteiger partial charge on any atom is 0.0177 e. The van der Waals surface area contributed by atoms with Gasteiger partial charge in [0.2, 0.25) is 0 Å². The lowest BCUT2D eigenvalue weighted by molar-refractivity contribution is 0.271. The Kier molecular flexibility index (Phi) is 5.10. The molecule has 1 aliphatic carbocycles. The topological polar surface area (TPSA) is 0 Å². The van der Waals surface area contributed by atoms with Gasteiger partial charge < -0.3 is 0 Å². The Bertz CT molecular complexity index is 344. The summed E-state index contributed by atoms with van der Waals surface area (Å²) in [5.41, 5.74) is 1.47. The molecule has 1 saturated carbocycles. The molecule has 0 amide bonds. The third-order valence-electron chi connectivity index (χ3n) is 3.99. The molecule has 3 unspecified atom stereocenters. The SMILES string of the molecule is CCC1CCC(Br)C(Cc2ccc(Br)cc2)C1. The largest absolute Gasteiger partial charge is 0.0888 e. The number of rotatable bonds is 3. The highest BCUT2D eigenvalue weighted by atomic mass is 79.9. The predicted molar refractivity (Wildman–Crippen MR) is 81.7 cm³/mol. The summed E-state index contributed by atoms with van der Waals surface area (Å²) in [5, 5.41) is 0. The third-order valence-corrected chi connectivity index (χ3v) is 5.72. The molecule has 0 radical (unpaired) electrons. The van der Waals surface area contributed by atoms with E-state index >= 15 is 0 Å². The van der Waals surface area contributed by atoms with Crippen molar-refractivity contribution in [2.45, 2.75) is 43.9 Å². The fourth-order valence-electron chi connectivity index (χ4n) is 2.83. The Morgan fingerprint density at radius 2 is 1.88 bits per heavy atom. The lowest BCUT2D eigenvalue weighted by Crippen LogP contribution is -2.26. The summed E-state index contributed by atoms with van der Waals surface area (Å²) in [6.45, 7) is 2.33. The minimum absolute atomic E-state index is 0.717. The van der Waals surface area contributed by atoms with Crippen LogP contribution in [0.25, 0.3) is 0 Å². The van der Waals surface area contributed by atoms with E-state index in [-0.39, 0.29) is 0 Å². The van der Waals surface area contributed by atoms with Crippen LogP contribution >= 0.6 is 31.9 Å². The van der Waals surface area contributed by atoms with Crippen molar-refractivity contribution in [3.63, 3.8) is 0 Å². The number of alkyl halides is 1. The third kappa shape index (κ3) is 3.82. The van der Waals surface area contributed by atoms with E-state index in [0.29, 0.717) is 4.83 Å².